The van der Waals surface area contributed by atoms with E-state index in [1.807, 2.05) is 30.3 Å². The Balaban J connectivity index is 0.000000300. The van der Waals surface area contributed by atoms with Crippen molar-refractivity contribution in [3.8, 4) is 11.3 Å². The molecule has 1 saturated carbocycles. The van der Waals surface area contributed by atoms with E-state index in [2.05, 4.69) is 20.3 Å². The van der Waals surface area contributed by atoms with Crippen molar-refractivity contribution in [2.24, 2.45) is 0 Å². The number of nitrogens with zero attached hydrogens (tertiary/aromatic N) is 3. The summed E-state index contributed by atoms with van der Waals surface area (Å²) >= 11 is 1.15. The fourth-order valence-corrected chi connectivity index (χ4v) is 4.41. The van der Waals surface area contributed by atoms with Crippen molar-refractivity contribution in [3.63, 3.8) is 0 Å². The number of rotatable bonds is 4. The summed E-state index contributed by atoms with van der Waals surface area (Å²) in [7, 11) is 0. The molecule has 4 aromatic rings. The summed E-state index contributed by atoms with van der Waals surface area (Å²) in [5, 5.41) is 12.4. The first kappa shape index (κ1) is 22.1. The summed E-state index contributed by atoms with van der Waals surface area (Å²) < 4.78 is 15.0. The minimum Gasteiger partial charge on any atom is -0.393 e. The fourth-order valence-electron chi connectivity index (χ4n) is 3.62. The maximum atomic E-state index is 14.6. The lowest BCUT2D eigenvalue weighted by atomic mass is 9.98. The summed E-state index contributed by atoms with van der Waals surface area (Å²) in [5.41, 5.74) is 8.50. The Hall–Kier alpha value is -3.10. The average molecular weight is 452 g/mol. The minimum absolute atomic E-state index is 0.0359. The molecule has 2 aromatic heterocycles. The Bertz CT molecular complexity index is 1160. The van der Waals surface area contributed by atoms with Crippen LogP contribution in [0.5, 0.6) is 0 Å². The molecule has 5 rings (SSSR count). The molecule has 32 heavy (non-hydrogen) atoms. The molecule has 2 aromatic carbocycles. The van der Waals surface area contributed by atoms with E-state index in [0.29, 0.717) is 33.3 Å². The summed E-state index contributed by atoms with van der Waals surface area (Å²) in [6.07, 6.45) is 9.24. The van der Waals surface area contributed by atoms with Crippen LogP contribution in [0.25, 0.3) is 21.5 Å². The van der Waals surface area contributed by atoms with Gasteiger partial charge in [0.2, 0.25) is 0 Å². The van der Waals surface area contributed by atoms with Crippen molar-refractivity contribution in [1.29, 1.82) is 0 Å². The summed E-state index contributed by atoms with van der Waals surface area (Å²) in [4.78, 5) is 12.8. The van der Waals surface area contributed by atoms with Crippen molar-refractivity contribution in [3.05, 3.63) is 66.2 Å². The molecular weight excluding hydrogens is 425 g/mol. The summed E-state index contributed by atoms with van der Waals surface area (Å²) in [6.45, 7) is 0.298. The number of hydrogen-bond donors (Lipinski definition) is 3. The van der Waals surface area contributed by atoms with Crippen LogP contribution < -0.4 is 11.1 Å². The third kappa shape index (κ3) is 5.57. The molecule has 0 aliphatic heterocycles. The van der Waals surface area contributed by atoms with E-state index < -0.39 is 0 Å². The Labute approximate surface area is 190 Å². The number of benzene rings is 2. The molecule has 0 radical (unpaired) electrons. The van der Waals surface area contributed by atoms with Gasteiger partial charge >= 0.3 is 0 Å². The van der Waals surface area contributed by atoms with Crippen LogP contribution >= 0.6 is 11.3 Å². The molecule has 2 heterocycles. The smallest absolute Gasteiger partial charge is 0.181 e. The molecule has 0 bridgehead atoms. The van der Waals surface area contributed by atoms with E-state index in [4.69, 9.17) is 10.8 Å². The Morgan fingerprint density at radius 1 is 1.03 bits per heavy atom. The van der Waals surface area contributed by atoms with E-state index in [0.717, 1.165) is 35.4 Å². The van der Waals surface area contributed by atoms with Gasteiger partial charge < -0.3 is 16.2 Å². The van der Waals surface area contributed by atoms with Crippen molar-refractivity contribution in [1.82, 2.24) is 15.0 Å². The van der Waals surface area contributed by atoms with Crippen LogP contribution in [-0.4, -0.2) is 26.2 Å². The molecule has 4 N–H and O–H groups in total. The van der Waals surface area contributed by atoms with E-state index in [1.54, 1.807) is 24.5 Å². The van der Waals surface area contributed by atoms with Crippen LogP contribution in [0, 0.1) is 5.82 Å². The van der Waals surface area contributed by atoms with Crippen molar-refractivity contribution in [2.45, 2.75) is 44.8 Å². The highest BCUT2D eigenvalue weighted by atomic mass is 32.1. The number of anilines is 2. The SMILES string of the molecule is Nc1nc2ccc(CNc3cncc(-c4ccccc4)n3)c(F)c2s1.OC1CCCCC1. The van der Waals surface area contributed by atoms with Crippen LogP contribution in [0.2, 0.25) is 0 Å². The van der Waals surface area contributed by atoms with Gasteiger partial charge in [-0.05, 0) is 18.9 Å². The Morgan fingerprint density at radius 2 is 1.81 bits per heavy atom. The number of nitrogen functional groups attached to an aromatic ring is 1. The number of nitrogens with one attached hydrogen (secondary N) is 1. The topological polar surface area (TPSA) is 97.0 Å². The number of thiazole rings is 1. The lowest BCUT2D eigenvalue weighted by Crippen LogP contribution is -2.09. The molecule has 0 saturated heterocycles. The highest BCUT2D eigenvalue weighted by Crippen LogP contribution is 2.28. The molecule has 6 nitrogen and oxygen atoms in total. The molecule has 1 fully saturated rings. The zero-order valence-corrected chi connectivity index (χ0v) is 18.5. The second-order valence-electron chi connectivity index (χ2n) is 7.74. The van der Waals surface area contributed by atoms with Gasteiger partial charge in [-0.25, -0.2) is 14.4 Å². The van der Waals surface area contributed by atoms with Gasteiger partial charge in [-0.3, -0.25) is 4.98 Å². The molecular formula is C24H26FN5OS. The quantitative estimate of drug-likeness (QED) is 0.384. The van der Waals surface area contributed by atoms with Gasteiger partial charge in [0.1, 0.15) is 11.6 Å². The first-order valence-corrected chi connectivity index (χ1v) is 11.5. The van der Waals surface area contributed by atoms with Gasteiger partial charge in [-0.1, -0.05) is 67.0 Å². The van der Waals surface area contributed by atoms with Crippen LogP contribution in [0.4, 0.5) is 15.3 Å². The van der Waals surface area contributed by atoms with Gasteiger partial charge in [0.15, 0.2) is 5.13 Å². The predicted octanol–water partition coefficient (Wildman–Crippen LogP) is 5.40. The Kier molecular flexibility index (Phi) is 7.24. The van der Waals surface area contributed by atoms with Gasteiger partial charge in [0.05, 0.1) is 34.4 Å². The Morgan fingerprint density at radius 3 is 2.53 bits per heavy atom. The number of aliphatic hydroxyl groups is 1. The normalized spacial score (nSPS) is 14.1. The van der Waals surface area contributed by atoms with E-state index in [1.165, 1.54) is 19.3 Å². The molecule has 1 aliphatic carbocycles. The monoisotopic (exact) mass is 451 g/mol. The van der Waals surface area contributed by atoms with Crippen LogP contribution in [0.1, 0.15) is 37.7 Å². The zero-order valence-electron chi connectivity index (χ0n) is 17.7. The maximum Gasteiger partial charge on any atom is 0.181 e. The first-order chi connectivity index (χ1) is 15.6. The molecule has 1 aliphatic rings. The standard InChI is InChI=1S/C18H14FN5S.C6H12O/c19-16-12(6-7-13-17(16)25-18(20)24-13)8-22-15-10-21-9-14(23-15)11-4-2-1-3-5-11;7-6-4-2-1-3-5-6/h1-7,9-10H,8H2,(H2,20,24)(H,22,23);6-7H,1-5H2. The second kappa shape index (κ2) is 10.5. The van der Waals surface area contributed by atoms with Crippen LogP contribution in [0.15, 0.2) is 54.9 Å². The maximum absolute atomic E-state index is 14.6. The van der Waals surface area contributed by atoms with E-state index in [-0.39, 0.29) is 11.9 Å². The van der Waals surface area contributed by atoms with E-state index >= 15 is 0 Å². The lowest BCUT2D eigenvalue weighted by molar-refractivity contribution is 0.130. The molecule has 0 spiro atoms. The van der Waals surface area contributed by atoms with Crippen LogP contribution in [-0.2, 0) is 6.54 Å². The molecule has 0 atom stereocenters. The molecule has 0 unspecified atom stereocenters. The molecule has 0 amide bonds. The third-order valence-corrected chi connectivity index (χ3v) is 6.23. The summed E-state index contributed by atoms with van der Waals surface area (Å²) in [6, 6.07) is 13.3. The fraction of sp³-hybridized carbons (Fsp3) is 0.292. The van der Waals surface area contributed by atoms with Crippen molar-refractivity contribution in [2.75, 3.05) is 11.1 Å². The van der Waals surface area contributed by atoms with Crippen molar-refractivity contribution >= 4 is 32.5 Å². The highest BCUT2D eigenvalue weighted by molar-refractivity contribution is 7.22. The predicted molar refractivity (Wildman–Crippen MR) is 128 cm³/mol. The van der Waals surface area contributed by atoms with Gasteiger partial charge in [-0.2, -0.15) is 0 Å². The molecule has 166 valence electrons. The second-order valence-corrected chi connectivity index (χ2v) is 8.77. The zero-order chi connectivity index (χ0) is 22.3. The average Bonchev–Trinajstić information content (AvgIpc) is 3.22. The first-order valence-electron chi connectivity index (χ1n) is 10.7. The number of halogens is 1. The largest absolute Gasteiger partial charge is 0.393 e. The summed E-state index contributed by atoms with van der Waals surface area (Å²) in [5.74, 6) is 0.288. The molecule has 8 heteroatoms. The van der Waals surface area contributed by atoms with Gasteiger partial charge in [-0.15, -0.1) is 0 Å². The lowest BCUT2D eigenvalue weighted by Gasteiger charge is -2.14. The van der Waals surface area contributed by atoms with Gasteiger partial charge in [0.25, 0.3) is 0 Å². The van der Waals surface area contributed by atoms with Crippen LogP contribution in [0.3, 0.4) is 0 Å². The number of nitrogens with two attached hydrogens (primary N) is 1. The van der Waals surface area contributed by atoms with Crippen molar-refractivity contribution < 1.29 is 9.50 Å². The minimum atomic E-state index is -0.300. The number of hydrogen-bond acceptors (Lipinski definition) is 7. The number of aliphatic hydroxyl groups excluding tert-OH is 1. The van der Waals surface area contributed by atoms with Gasteiger partial charge in [0, 0.05) is 17.7 Å². The highest BCUT2D eigenvalue weighted by Gasteiger charge is 2.12. The van der Waals surface area contributed by atoms with E-state index in [9.17, 15) is 4.39 Å². The number of aromatic nitrogens is 3. The third-order valence-electron chi connectivity index (χ3n) is 5.33. The number of fused-ring (bicyclic) bond motifs is 1.